The van der Waals surface area contributed by atoms with E-state index in [2.05, 4.69) is 10.6 Å². The van der Waals surface area contributed by atoms with Gasteiger partial charge in [-0.2, -0.15) is 0 Å². The number of rotatable bonds is 8. The quantitative estimate of drug-likeness (QED) is 0.784. The molecule has 2 aromatic rings. The highest BCUT2D eigenvalue weighted by Crippen LogP contribution is 2.11. The van der Waals surface area contributed by atoms with E-state index in [1.165, 1.54) is 5.56 Å². The van der Waals surface area contributed by atoms with Gasteiger partial charge in [0.25, 0.3) is 0 Å². The zero-order valence-electron chi connectivity index (χ0n) is 14.0. The number of carbonyl (C=O) groups excluding carboxylic acids is 2. The number of amides is 2. The second-order valence-corrected chi connectivity index (χ2v) is 5.79. The number of carbonyl (C=O) groups is 2. The first-order valence-corrected chi connectivity index (χ1v) is 8.30. The smallest absolute Gasteiger partial charge is 0.220 e. The predicted molar refractivity (Wildman–Crippen MR) is 95.4 cm³/mol. The molecule has 0 saturated heterocycles. The fraction of sp³-hybridized carbons (Fsp3) is 0.300. The number of hydrogen-bond acceptors (Lipinski definition) is 2. The molecule has 1 atom stereocenters. The molecule has 1 unspecified atom stereocenters. The number of benzene rings is 2. The molecule has 0 saturated carbocycles. The molecular formula is C20H24N2O2. The first-order valence-electron chi connectivity index (χ1n) is 8.30. The molecule has 2 aromatic carbocycles. The van der Waals surface area contributed by atoms with Crippen LogP contribution in [0.5, 0.6) is 0 Å². The van der Waals surface area contributed by atoms with Gasteiger partial charge < -0.3 is 10.6 Å². The first-order chi connectivity index (χ1) is 11.6. The van der Waals surface area contributed by atoms with Crippen LogP contribution in [0.15, 0.2) is 60.7 Å². The molecule has 4 heteroatoms. The second kappa shape index (κ2) is 9.50. The Morgan fingerprint density at radius 1 is 0.875 bits per heavy atom. The van der Waals surface area contributed by atoms with E-state index in [0.717, 1.165) is 12.0 Å². The van der Waals surface area contributed by atoms with Crippen LogP contribution in [0.2, 0.25) is 0 Å². The molecule has 2 rings (SSSR count). The van der Waals surface area contributed by atoms with Crippen molar-refractivity contribution in [2.24, 2.45) is 0 Å². The van der Waals surface area contributed by atoms with Crippen molar-refractivity contribution in [3.8, 4) is 0 Å². The molecule has 0 aliphatic heterocycles. The maximum absolute atomic E-state index is 11.9. The minimum atomic E-state index is -0.107. The van der Waals surface area contributed by atoms with Crippen molar-refractivity contribution < 1.29 is 9.59 Å². The van der Waals surface area contributed by atoms with E-state index in [0.29, 0.717) is 6.54 Å². The normalized spacial score (nSPS) is 11.5. The van der Waals surface area contributed by atoms with Crippen molar-refractivity contribution >= 4 is 11.8 Å². The third kappa shape index (κ3) is 6.24. The maximum Gasteiger partial charge on any atom is 0.220 e. The maximum atomic E-state index is 11.9. The molecule has 0 aliphatic carbocycles. The highest BCUT2D eigenvalue weighted by atomic mass is 16.2. The summed E-state index contributed by atoms with van der Waals surface area (Å²) in [5.74, 6) is -0.196. The third-order valence-corrected chi connectivity index (χ3v) is 3.83. The van der Waals surface area contributed by atoms with Crippen molar-refractivity contribution in [2.75, 3.05) is 6.54 Å². The lowest BCUT2D eigenvalue weighted by Gasteiger charge is -2.14. The van der Waals surface area contributed by atoms with Crippen LogP contribution in [-0.2, 0) is 16.0 Å². The van der Waals surface area contributed by atoms with Crippen molar-refractivity contribution in [3.63, 3.8) is 0 Å². The highest BCUT2D eigenvalue weighted by molar-refractivity contribution is 5.83. The van der Waals surface area contributed by atoms with E-state index in [4.69, 9.17) is 0 Å². The zero-order valence-corrected chi connectivity index (χ0v) is 14.0. The number of hydrogen-bond donors (Lipinski definition) is 2. The molecule has 4 nitrogen and oxygen atoms in total. The Hall–Kier alpha value is -2.62. The summed E-state index contributed by atoms with van der Waals surface area (Å²) in [7, 11) is 0. The standard InChI is InChI=1S/C20H24N2O2/c1-16(18-10-6-3-7-11-18)22-20(24)13-12-19(23)21-15-14-17-8-4-2-5-9-17/h2-11,16H,12-15H2,1H3,(H,21,23)(H,22,24). The lowest BCUT2D eigenvalue weighted by molar-refractivity contribution is -0.126. The Labute approximate surface area is 143 Å². The Morgan fingerprint density at radius 2 is 1.46 bits per heavy atom. The molecule has 126 valence electrons. The van der Waals surface area contributed by atoms with E-state index in [1.54, 1.807) is 0 Å². The van der Waals surface area contributed by atoms with Crippen LogP contribution in [0.3, 0.4) is 0 Å². The Kier molecular flexibility index (Phi) is 7.02. The topological polar surface area (TPSA) is 58.2 Å². The molecule has 0 aromatic heterocycles. The molecule has 0 heterocycles. The van der Waals surface area contributed by atoms with Crippen LogP contribution in [0.1, 0.15) is 36.9 Å². The van der Waals surface area contributed by atoms with Gasteiger partial charge in [-0.15, -0.1) is 0 Å². The van der Waals surface area contributed by atoms with Gasteiger partial charge in [0.1, 0.15) is 0 Å². The summed E-state index contributed by atoms with van der Waals surface area (Å²) >= 11 is 0. The molecular weight excluding hydrogens is 300 g/mol. The molecule has 0 aliphatic rings. The average Bonchev–Trinajstić information content (AvgIpc) is 2.61. The van der Waals surface area contributed by atoms with Gasteiger partial charge in [-0.3, -0.25) is 9.59 Å². The summed E-state index contributed by atoms with van der Waals surface area (Å²) in [6.07, 6.45) is 1.21. The largest absolute Gasteiger partial charge is 0.356 e. The number of nitrogens with one attached hydrogen (secondary N) is 2. The molecule has 0 spiro atoms. The summed E-state index contributed by atoms with van der Waals surface area (Å²) in [4.78, 5) is 23.7. The fourth-order valence-corrected chi connectivity index (χ4v) is 2.45. The van der Waals surface area contributed by atoms with Crippen molar-refractivity contribution in [1.82, 2.24) is 10.6 Å². The Bertz CT molecular complexity index is 641. The molecule has 24 heavy (non-hydrogen) atoms. The SMILES string of the molecule is CC(NC(=O)CCC(=O)NCCc1ccccc1)c1ccccc1. The van der Waals surface area contributed by atoms with Crippen LogP contribution < -0.4 is 10.6 Å². The fourth-order valence-electron chi connectivity index (χ4n) is 2.45. The molecule has 0 bridgehead atoms. The van der Waals surface area contributed by atoms with Gasteiger partial charge in [0.05, 0.1) is 6.04 Å². The highest BCUT2D eigenvalue weighted by Gasteiger charge is 2.11. The van der Waals surface area contributed by atoms with Gasteiger partial charge in [0, 0.05) is 19.4 Å². The molecule has 0 fully saturated rings. The van der Waals surface area contributed by atoms with Crippen molar-refractivity contribution in [2.45, 2.75) is 32.2 Å². The van der Waals surface area contributed by atoms with Crippen LogP contribution in [-0.4, -0.2) is 18.4 Å². The van der Waals surface area contributed by atoms with Gasteiger partial charge in [-0.25, -0.2) is 0 Å². The van der Waals surface area contributed by atoms with Gasteiger partial charge in [0.15, 0.2) is 0 Å². The molecule has 0 radical (unpaired) electrons. The first kappa shape index (κ1) is 17.7. The summed E-state index contributed by atoms with van der Waals surface area (Å²) in [6.45, 7) is 2.53. The van der Waals surface area contributed by atoms with Crippen LogP contribution in [0, 0.1) is 0 Å². The van der Waals surface area contributed by atoms with Crippen molar-refractivity contribution in [1.29, 1.82) is 0 Å². The van der Waals surface area contributed by atoms with Crippen LogP contribution in [0.25, 0.3) is 0 Å². The Morgan fingerprint density at radius 3 is 2.12 bits per heavy atom. The van der Waals surface area contributed by atoms with E-state index in [9.17, 15) is 9.59 Å². The van der Waals surface area contributed by atoms with Gasteiger partial charge in [-0.05, 0) is 24.5 Å². The predicted octanol–water partition coefficient (Wildman–Crippen LogP) is 3.00. The second-order valence-electron chi connectivity index (χ2n) is 5.79. The van der Waals surface area contributed by atoms with Crippen molar-refractivity contribution in [3.05, 3.63) is 71.8 Å². The Balaban J connectivity index is 1.63. The third-order valence-electron chi connectivity index (χ3n) is 3.83. The summed E-state index contributed by atoms with van der Waals surface area (Å²) in [5, 5.41) is 5.77. The van der Waals surface area contributed by atoms with Gasteiger partial charge in [-0.1, -0.05) is 60.7 Å². The van der Waals surface area contributed by atoms with E-state index in [-0.39, 0.29) is 30.7 Å². The van der Waals surface area contributed by atoms with E-state index in [1.807, 2.05) is 67.6 Å². The minimum Gasteiger partial charge on any atom is -0.356 e. The minimum absolute atomic E-state index is 0.0557. The van der Waals surface area contributed by atoms with Crippen LogP contribution in [0.4, 0.5) is 0 Å². The zero-order chi connectivity index (χ0) is 17.2. The van der Waals surface area contributed by atoms with Gasteiger partial charge in [0.2, 0.25) is 11.8 Å². The summed E-state index contributed by atoms with van der Waals surface area (Å²) in [5.41, 5.74) is 2.24. The molecule has 2 amide bonds. The van der Waals surface area contributed by atoms with Crippen LogP contribution >= 0.6 is 0 Å². The van der Waals surface area contributed by atoms with Gasteiger partial charge >= 0.3 is 0 Å². The molecule has 2 N–H and O–H groups in total. The van der Waals surface area contributed by atoms with E-state index >= 15 is 0 Å². The summed E-state index contributed by atoms with van der Waals surface area (Å²) in [6, 6.07) is 19.7. The lowest BCUT2D eigenvalue weighted by Crippen LogP contribution is -2.30. The average molecular weight is 324 g/mol. The summed E-state index contributed by atoms with van der Waals surface area (Å²) < 4.78 is 0. The monoisotopic (exact) mass is 324 g/mol. The lowest BCUT2D eigenvalue weighted by atomic mass is 10.1. The van der Waals surface area contributed by atoms with E-state index < -0.39 is 0 Å².